The van der Waals surface area contributed by atoms with E-state index in [1.165, 1.54) is 6.20 Å². The molecule has 0 unspecified atom stereocenters. The summed E-state index contributed by atoms with van der Waals surface area (Å²) in [6.07, 6.45) is 5.07. The Balaban J connectivity index is 3.93. The van der Waals surface area contributed by atoms with E-state index < -0.39 is 6.03 Å². The van der Waals surface area contributed by atoms with Crippen LogP contribution in [0.4, 0.5) is 4.79 Å². The molecule has 0 aliphatic heterocycles. The second kappa shape index (κ2) is 10.4. The lowest BCUT2D eigenvalue weighted by molar-refractivity contribution is -0.326. The van der Waals surface area contributed by atoms with Gasteiger partial charge in [0.25, 0.3) is 0 Å². The fourth-order valence-corrected chi connectivity index (χ4v) is 0.878. The van der Waals surface area contributed by atoms with Crippen molar-refractivity contribution in [1.29, 1.82) is 0 Å². The molecular formula is C11H22N2O3. The van der Waals surface area contributed by atoms with Crippen molar-refractivity contribution in [3.8, 4) is 0 Å². The molecule has 0 atom stereocenters. The molecule has 1 N–H and O–H groups in total. The predicted molar refractivity (Wildman–Crippen MR) is 62.3 cm³/mol. The van der Waals surface area contributed by atoms with Crippen LogP contribution in [0.1, 0.15) is 39.5 Å². The first-order valence-corrected chi connectivity index (χ1v) is 5.73. The Labute approximate surface area is 97.3 Å². The van der Waals surface area contributed by atoms with Crippen LogP contribution in [-0.4, -0.2) is 24.5 Å². The van der Waals surface area contributed by atoms with Gasteiger partial charge in [-0.15, -0.1) is 0 Å². The highest BCUT2D eigenvalue weighted by Gasteiger charge is 2.13. The van der Waals surface area contributed by atoms with E-state index in [0.717, 1.165) is 30.9 Å². The Morgan fingerprint density at radius 3 is 2.12 bits per heavy atom. The van der Waals surface area contributed by atoms with Crippen molar-refractivity contribution in [2.24, 2.45) is 0 Å². The van der Waals surface area contributed by atoms with Crippen LogP contribution in [0.15, 0.2) is 12.8 Å². The molecule has 0 aromatic carbocycles. The topological polar surface area (TPSA) is 50.8 Å². The summed E-state index contributed by atoms with van der Waals surface area (Å²) in [6, 6.07) is -0.456. The lowest BCUT2D eigenvalue weighted by atomic mass is 10.4. The molecule has 0 radical (unpaired) electrons. The SMILES string of the molecule is C=CNC(=O)N(OCCCC)OCCCC. The predicted octanol–water partition coefficient (Wildman–Crippen LogP) is 2.60. The number of amides is 2. The summed E-state index contributed by atoms with van der Waals surface area (Å²) < 4.78 is 0. The summed E-state index contributed by atoms with van der Waals surface area (Å²) in [6.45, 7) is 8.44. The molecule has 2 amide bonds. The molecule has 0 aliphatic carbocycles. The van der Waals surface area contributed by atoms with E-state index in [9.17, 15) is 4.79 Å². The molecule has 0 spiro atoms. The van der Waals surface area contributed by atoms with E-state index in [1.54, 1.807) is 0 Å². The Kier molecular flexibility index (Phi) is 9.75. The summed E-state index contributed by atoms with van der Waals surface area (Å²) in [5.41, 5.74) is 0. The molecule has 16 heavy (non-hydrogen) atoms. The highest BCUT2D eigenvalue weighted by atomic mass is 17.0. The van der Waals surface area contributed by atoms with Crippen LogP contribution in [0.2, 0.25) is 0 Å². The summed E-state index contributed by atoms with van der Waals surface area (Å²) in [7, 11) is 0. The number of nitrogens with one attached hydrogen (secondary N) is 1. The minimum Gasteiger partial charge on any atom is -0.311 e. The molecule has 0 saturated carbocycles. The van der Waals surface area contributed by atoms with Gasteiger partial charge in [0, 0.05) is 0 Å². The van der Waals surface area contributed by atoms with Gasteiger partial charge in [-0.3, -0.25) is 0 Å². The van der Waals surface area contributed by atoms with Gasteiger partial charge in [-0.25, -0.2) is 14.5 Å². The first-order chi connectivity index (χ1) is 7.76. The van der Waals surface area contributed by atoms with E-state index in [2.05, 4.69) is 25.7 Å². The minimum absolute atomic E-state index is 0.456. The van der Waals surface area contributed by atoms with Gasteiger partial charge >= 0.3 is 6.03 Å². The second-order valence-corrected chi connectivity index (χ2v) is 3.28. The number of hydrogen-bond acceptors (Lipinski definition) is 3. The summed E-state index contributed by atoms with van der Waals surface area (Å²) >= 11 is 0. The second-order valence-electron chi connectivity index (χ2n) is 3.28. The molecule has 0 aliphatic rings. The van der Waals surface area contributed by atoms with E-state index >= 15 is 0 Å². The highest BCUT2D eigenvalue weighted by Crippen LogP contribution is 1.99. The maximum atomic E-state index is 11.4. The van der Waals surface area contributed by atoms with Crippen LogP contribution in [-0.2, 0) is 9.68 Å². The number of hydroxylamine groups is 2. The van der Waals surface area contributed by atoms with Crippen LogP contribution < -0.4 is 5.32 Å². The molecule has 94 valence electrons. The van der Waals surface area contributed by atoms with E-state index in [-0.39, 0.29) is 0 Å². The Bertz CT molecular complexity index is 188. The fourth-order valence-electron chi connectivity index (χ4n) is 0.878. The molecule has 0 fully saturated rings. The standard InChI is InChI=1S/C11H22N2O3/c1-4-7-9-15-13(11(14)12-6-3)16-10-8-5-2/h6H,3-5,7-10H2,1-2H3,(H,12,14). The average molecular weight is 230 g/mol. The average Bonchev–Trinajstić information content (AvgIpc) is 2.28. The van der Waals surface area contributed by atoms with Gasteiger partial charge in [-0.2, -0.15) is 0 Å². The largest absolute Gasteiger partial charge is 0.370 e. The van der Waals surface area contributed by atoms with Crippen LogP contribution in [0, 0.1) is 0 Å². The maximum Gasteiger partial charge on any atom is 0.370 e. The molecule has 0 heterocycles. The summed E-state index contributed by atoms with van der Waals surface area (Å²) in [5, 5.41) is 3.30. The minimum atomic E-state index is -0.456. The zero-order valence-corrected chi connectivity index (χ0v) is 10.2. The zero-order valence-electron chi connectivity index (χ0n) is 10.2. The van der Waals surface area contributed by atoms with Crippen molar-refractivity contribution in [1.82, 2.24) is 10.5 Å². The third-order valence-corrected chi connectivity index (χ3v) is 1.80. The number of urea groups is 1. The van der Waals surface area contributed by atoms with Gasteiger partial charge in [-0.05, 0) is 19.0 Å². The van der Waals surface area contributed by atoms with E-state index in [0.29, 0.717) is 13.2 Å². The number of carbonyl (C=O) groups excluding carboxylic acids is 1. The number of rotatable bonds is 9. The van der Waals surface area contributed by atoms with Crippen molar-refractivity contribution in [2.45, 2.75) is 39.5 Å². The third kappa shape index (κ3) is 7.25. The van der Waals surface area contributed by atoms with Crippen LogP contribution >= 0.6 is 0 Å². The van der Waals surface area contributed by atoms with Crippen molar-refractivity contribution in [2.75, 3.05) is 13.2 Å². The Morgan fingerprint density at radius 2 is 1.75 bits per heavy atom. The monoisotopic (exact) mass is 230 g/mol. The number of carbonyl (C=O) groups is 1. The van der Waals surface area contributed by atoms with Gasteiger partial charge in [-0.1, -0.05) is 38.5 Å². The van der Waals surface area contributed by atoms with Crippen molar-refractivity contribution >= 4 is 6.03 Å². The third-order valence-electron chi connectivity index (χ3n) is 1.80. The zero-order chi connectivity index (χ0) is 12.2. The Morgan fingerprint density at radius 1 is 1.25 bits per heavy atom. The molecule has 5 heteroatoms. The van der Waals surface area contributed by atoms with Gasteiger partial charge in [0.1, 0.15) is 0 Å². The van der Waals surface area contributed by atoms with Gasteiger partial charge < -0.3 is 5.32 Å². The lowest BCUT2D eigenvalue weighted by Crippen LogP contribution is -2.38. The molecule has 0 aromatic rings. The van der Waals surface area contributed by atoms with Crippen LogP contribution in [0.5, 0.6) is 0 Å². The van der Waals surface area contributed by atoms with Crippen molar-refractivity contribution in [3.63, 3.8) is 0 Å². The van der Waals surface area contributed by atoms with Crippen LogP contribution in [0.25, 0.3) is 0 Å². The van der Waals surface area contributed by atoms with Crippen molar-refractivity contribution in [3.05, 3.63) is 12.8 Å². The fraction of sp³-hybridized carbons (Fsp3) is 0.727. The maximum absolute atomic E-state index is 11.4. The molecule has 0 saturated heterocycles. The van der Waals surface area contributed by atoms with E-state index in [1.807, 2.05) is 0 Å². The number of unbranched alkanes of at least 4 members (excludes halogenated alkanes) is 2. The molecule has 0 rings (SSSR count). The van der Waals surface area contributed by atoms with Crippen molar-refractivity contribution < 1.29 is 14.5 Å². The normalized spacial score (nSPS) is 9.88. The van der Waals surface area contributed by atoms with Crippen LogP contribution in [0.3, 0.4) is 0 Å². The van der Waals surface area contributed by atoms with E-state index in [4.69, 9.17) is 9.68 Å². The first kappa shape index (κ1) is 14.9. The quantitative estimate of drug-likeness (QED) is 0.489. The molecule has 0 bridgehead atoms. The Hall–Kier alpha value is -1.07. The van der Waals surface area contributed by atoms with Gasteiger partial charge in [0.15, 0.2) is 0 Å². The summed E-state index contributed by atoms with van der Waals surface area (Å²) in [5.74, 6) is 0. The summed E-state index contributed by atoms with van der Waals surface area (Å²) in [4.78, 5) is 21.8. The van der Waals surface area contributed by atoms with Gasteiger partial charge in [0.05, 0.1) is 13.2 Å². The first-order valence-electron chi connectivity index (χ1n) is 5.73. The number of hydrogen-bond donors (Lipinski definition) is 1. The molecular weight excluding hydrogens is 208 g/mol. The smallest absolute Gasteiger partial charge is 0.311 e. The lowest BCUT2D eigenvalue weighted by Gasteiger charge is -2.19. The highest BCUT2D eigenvalue weighted by molar-refractivity contribution is 5.72. The molecule has 5 nitrogen and oxygen atoms in total. The molecule has 0 aromatic heterocycles. The number of nitrogens with zero attached hydrogens (tertiary/aromatic N) is 1. The van der Waals surface area contributed by atoms with Gasteiger partial charge in [0.2, 0.25) is 0 Å².